The molecule has 0 aromatic heterocycles. The van der Waals surface area contributed by atoms with Crippen LogP contribution in [-0.2, 0) is 4.74 Å². The Labute approximate surface area is 46.1 Å². The third-order valence-electron chi connectivity index (χ3n) is 0.636. The van der Waals surface area contributed by atoms with E-state index in [-0.39, 0.29) is 11.5 Å². The van der Waals surface area contributed by atoms with E-state index in [0.29, 0.717) is 6.61 Å². The predicted octanol–water partition coefficient (Wildman–Crippen LogP) is -0.104. The fourth-order valence-electron chi connectivity index (χ4n) is 0.367. The highest BCUT2D eigenvalue weighted by Crippen LogP contribution is 2.04. The number of amidine groups is 1. The Morgan fingerprint density at radius 2 is 2.71 bits per heavy atom. The maximum atomic E-state index is 5.41. The Morgan fingerprint density at radius 1 is 2.00 bits per heavy atom. The summed E-state index contributed by atoms with van der Waals surface area (Å²) >= 11 is 5.41. The zero-order chi connectivity index (χ0) is 5.28. The second-order valence-electron chi connectivity index (χ2n) is 1.21. The van der Waals surface area contributed by atoms with Gasteiger partial charge in [0.25, 0.3) is 6.02 Å². The fraction of sp³-hybridized carbons (Fsp3) is 0.667. The van der Waals surface area contributed by atoms with Gasteiger partial charge in [-0.2, -0.15) is 0 Å². The molecule has 0 aliphatic carbocycles. The number of nitrogens with two attached hydrogens (primary N) is 1. The molecule has 1 atom stereocenters. The van der Waals surface area contributed by atoms with Gasteiger partial charge in [-0.3, -0.25) is 0 Å². The van der Waals surface area contributed by atoms with Gasteiger partial charge in [0.15, 0.2) is 5.50 Å². The summed E-state index contributed by atoms with van der Waals surface area (Å²) in [6.45, 7) is 0.410. The molecular formula is C3H5ClN2O. The second kappa shape index (κ2) is 1.58. The van der Waals surface area contributed by atoms with Gasteiger partial charge in [-0.1, -0.05) is 11.6 Å². The molecule has 0 saturated heterocycles. The summed E-state index contributed by atoms with van der Waals surface area (Å²) in [6, 6.07) is 0.194. The van der Waals surface area contributed by atoms with Crippen LogP contribution in [0.25, 0.3) is 0 Å². The lowest BCUT2D eigenvalue weighted by molar-refractivity contribution is 0.334. The molecule has 1 aliphatic rings. The average Bonchev–Trinajstić information content (AvgIpc) is 1.87. The molecule has 1 heterocycles. The zero-order valence-electron chi connectivity index (χ0n) is 3.60. The molecule has 1 rings (SSSR count). The Morgan fingerprint density at radius 3 is 2.86 bits per heavy atom. The van der Waals surface area contributed by atoms with E-state index in [1.807, 2.05) is 0 Å². The van der Waals surface area contributed by atoms with Gasteiger partial charge in [0, 0.05) is 0 Å². The molecule has 0 amide bonds. The topological polar surface area (TPSA) is 47.6 Å². The number of halogens is 1. The molecule has 2 N–H and O–H groups in total. The largest absolute Gasteiger partial charge is 0.462 e. The molecule has 4 heteroatoms. The van der Waals surface area contributed by atoms with Crippen LogP contribution in [0.4, 0.5) is 0 Å². The molecule has 0 radical (unpaired) electrons. The van der Waals surface area contributed by atoms with Crippen LogP contribution in [0.5, 0.6) is 0 Å². The first-order valence-electron chi connectivity index (χ1n) is 1.89. The number of rotatable bonds is 0. The van der Waals surface area contributed by atoms with E-state index in [0.717, 1.165) is 0 Å². The Balaban J connectivity index is 2.50. The molecule has 0 spiro atoms. The Hall–Kier alpha value is -0.440. The summed E-state index contributed by atoms with van der Waals surface area (Å²) in [5.41, 5.74) is 4.80. The van der Waals surface area contributed by atoms with Crippen molar-refractivity contribution in [3.63, 3.8) is 0 Å². The van der Waals surface area contributed by atoms with Crippen molar-refractivity contribution in [1.82, 2.24) is 0 Å². The first-order chi connectivity index (χ1) is 3.29. The van der Waals surface area contributed by atoms with Gasteiger partial charge in [-0.05, 0) is 0 Å². The maximum Gasteiger partial charge on any atom is 0.283 e. The third-order valence-corrected chi connectivity index (χ3v) is 0.860. The molecule has 0 aromatic carbocycles. The van der Waals surface area contributed by atoms with Gasteiger partial charge in [-0.15, -0.1) is 0 Å². The van der Waals surface area contributed by atoms with E-state index in [1.54, 1.807) is 0 Å². The van der Waals surface area contributed by atoms with Crippen molar-refractivity contribution in [2.45, 2.75) is 5.50 Å². The number of nitrogens with zero attached hydrogens (tertiary/aromatic N) is 1. The fourth-order valence-corrected chi connectivity index (χ4v) is 0.526. The molecule has 0 aromatic rings. The van der Waals surface area contributed by atoms with E-state index in [1.165, 1.54) is 0 Å². The molecule has 7 heavy (non-hydrogen) atoms. The first-order valence-corrected chi connectivity index (χ1v) is 2.33. The standard InChI is InChI=1S/C3H5ClN2O/c4-2-1-7-3(5)6-2/h2H,1H2,(H2,5,6). The smallest absolute Gasteiger partial charge is 0.283 e. The van der Waals surface area contributed by atoms with Crippen molar-refractivity contribution in [2.24, 2.45) is 10.7 Å². The summed E-state index contributed by atoms with van der Waals surface area (Å²) in [4.78, 5) is 3.63. The summed E-state index contributed by atoms with van der Waals surface area (Å²) < 4.78 is 4.66. The molecule has 1 aliphatic heterocycles. The lowest BCUT2D eigenvalue weighted by Gasteiger charge is -1.88. The van der Waals surface area contributed by atoms with Crippen LogP contribution < -0.4 is 5.73 Å². The highest BCUT2D eigenvalue weighted by atomic mass is 35.5. The van der Waals surface area contributed by atoms with Crippen molar-refractivity contribution >= 4 is 17.6 Å². The van der Waals surface area contributed by atoms with E-state index in [2.05, 4.69) is 9.73 Å². The lowest BCUT2D eigenvalue weighted by Crippen LogP contribution is -2.10. The van der Waals surface area contributed by atoms with Crippen molar-refractivity contribution in [3.8, 4) is 0 Å². The van der Waals surface area contributed by atoms with Crippen LogP contribution in [0, 0.1) is 0 Å². The third kappa shape index (κ3) is 0.962. The normalized spacial score (nSPS) is 29.3. The first kappa shape index (κ1) is 4.71. The second-order valence-corrected chi connectivity index (χ2v) is 1.72. The molecule has 0 saturated carbocycles. The van der Waals surface area contributed by atoms with Crippen LogP contribution in [-0.4, -0.2) is 18.1 Å². The zero-order valence-corrected chi connectivity index (χ0v) is 4.35. The van der Waals surface area contributed by atoms with E-state index in [4.69, 9.17) is 17.3 Å². The van der Waals surface area contributed by atoms with Gasteiger partial charge >= 0.3 is 0 Å². The molecule has 3 nitrogen and oxygen atoms in total. The molecule has 1 unspecified atom stereocenters. The van der Waals surface area contributed by atoms with Gasteiger partial charge in [0.05, 0.1) is 0 Å². The van der Waals surface area contributed by atoms with E-state index >= 15 is 0 Å². The highest BCUT2D eigenvalue weighted by Gasteiger charge is 2.11. The summed E-state index contributed by atoms with van der Waals surface area (Å²) in [5.74, 6) is 0. The Kier molecular flexibility index (Phi) is 1.06. The van der Waals surface area contributed by atoms with Gasteiger partial charge < -0.3 is 10.5 Å². The molecule has 0 bridgehead atoms. The number of aliphatic imine (C=N–C) groups is 1. The van der Waals surface area contributed by atoms with E-state index in [9.17, 15) is 0 Å². The van der Waals surface area contributed by atoms with Crippen LogP contribution >= 0.6 is 11.6 Å². The van der Waals surface area contributed by atoms with Gasteiger partial charge in [-0.25, -0.2) is 4.99 Å². The van der Waals surface area contributed by atoms with Crippen LogP contribution in [0.15, 0.2) is 4.99 Å². The van der Waals surface area contributed by atoms with Crippen LogP contribution in [0.1, 0.15) is 0 Å². The SMILES string of the molecule is NC1=NC(Cl)CO1. The van der Waals surface area contributed by atoms with E-state index < -0.39 is 0 Å². The minimum atomic E-state index is -0.264. The van der Waals surface area contributed by atoms with Crippen molar-refractivity contribution in [3.05, 3.63) is 0 Å². The molecular weight excluding hydrogens is 115 g/mol. The maximum absolute atomic E-state index is 5.41. The van der Waals surface area contributed by atoms with Crippen molar-refractivity contribution in [1.29, 1.82) is 0 Å². The molecule has 0 fully saturated rings. The monoisotopic (exact) mass is 120 g/mol. The summed E-state index contributed by atoms with van der Waals surface area (Å²) in [6.07, 6.45) is 0. The number of alkyl halides is 1. The van der Waals surface area contributed by atoms with Crippen molar-refractivity contribution in [2.75, 3.05) is 6.61 Å². The summed E-state index contributed by atoms with van der Waals surface area (Å²) in [5, 5.41) is 0. The number of ether oxygens (including phenoxy) is 1. The van der Waals surface area contributed by atoms with Crippen LogP contribution in [0.3, 0.4) is 0 Å². The minimum absolute atomic E-state index is 0.194. The minimum Gasteiger partial charge on any atom is -0.462 e. The predicted molar refractivity (Wildman–Crippen MR) is 27.2 cm³/mol. The average molecular weight is 121 g/mol. The Bertz CT molecular complexity index is 103. The quantitative estimate of drug-likeness (QED) is 0.358. The molecule has 40 valence electrons. The number of hydrogen-bond acceptors (Lipinski definition) is 3. The summed E-state index contributed by atoms with van der Waals surface area (Å²) in [7, 11) is 0. The van der Waals surface area contributed by atoms with Crippen LogP contribution in [0.2, 0.25) is 0 Å². The van der Waals surface area contributed by atoms with Crippen molar-refractivity contribution < 1.29 is 4.74 Å². The number of hydrogen-bond donors (Lipinski definition) is 1. The van der Waals surface area contributed by atoms with Gasteiger partial charge in [0.1, 0.15) is 6.61 Å². The highest BCUT2D eigenvalue weighted by molar-refractivity contribution is 6.21. The lowest BCUT2D eigenvalue weighted by atomic mass is 10.7. The van der Waals surface area contributed by atoms with Gasteiger partial charge in [0.2, 0.25) is 0 Å².